The molecule has 3 nitrogen and oxygen atoms in total. The summed E-state index contributed by atoms with van der Waals surface area (Å²) in [6, 6.07) is 16.5. The Labute approximate surface area is 146 Å². The van der Waals surface area contributed by atoms with Crippen LogP contribution >= 0.6 is 11.3 Å². The predicted octanol–water partition coefficient (Wildman–Crippen LogP) is 4.52. The third kappa shape index (κ3) is 3.20. The van der Waals surface area contributed by atoms with E-state index >= 15 is 0 Å². The fourth-order valence-corrected chi connectivity index (χ4v) is 4.17. The Balaban J connectivity index is 1.56. The van der Waals surface area contributed by atoms with Crippen molar-refractivity contribution in [3.63, 3.8) is 0 Å². The van der Waals surface area contributed by atoms with E-state index in [9.17, 15) is 4.79 Å². The summed E-state index contributed by atoms with van der Waals surface area (Å²) in [5.74, 6) is 0.243. The van der Waals surface area contributed by atoms with E-state index < -0.39 is 0 Å². The van der Waals surface area contributed by atoms with E-state index in [0.717, 1.165) is 47.6 Å². The van der Waals surface area contributed by atoms with Gasteiger partial charge in [0.05, 0.1) is 16.6 Å². The normalized spacial score (nSPS) is 14.9. The minimum absolute atomic E-state index is 0.243. The number of amides is 1. The minimum atomic E-state index is 0.243. The lowest BCUT2D eigenvalue weighted by atomic mass is 10.1. The van der Waals surface area contributed by atoms with Gasteiger partial charge >= 0.3 is 0 Å². The Hall–Kier alpha value is -2.20. The highest BCUT2D eigenvalue weighted by molar-refractivity contribution is 7.21. The first-order valence-corrected chi connectivity index (χ1v) is 9.34. The summed E-state index contributed by atoms with van der Waals surface area (Å²) in [5, 5.41) is 1.03. The number of nitrogens with zero attached hydrogens (tertiary/aromatic N) is 2. The van der Waals surface area contributed by atoms with Gasteiger partial charge in [0.2, 0.25) is 5.91 Å². The molecule has 1 aliphatic rings. The van der Waals surface area contributed by atoms with Gasteiger partial charge in [-0.2, -0.15) is 0 Å². The molecule has 3 aromatic rings. The summed E-state index contributed by atoms with van der Waals surface area (Å²) in [7, 11) is 0. The summed E-state index contributed by atoms with van der Waals surface area (Å²) >= 11 is 1.70. The largest absolute Gasteiger partial charge is 0.342 e. The van der Waals surface area contributed by atoms with E-state index in [-0.39, 0.29) is 5.91 Å². The van der Waals surface area contributed by atoms with Gasteiger partial charge in [-0.15, -0.1) is 11.3 Å². The molecule has 1 aliphatic heterocycles. The Bertz CT molecular complexity index is 850. The van der Waals surface area contributed by atoms with Crippen LogP contribution in [0.15, 0.2) is 48.5 Å². The molecule has 0 atom stereocenters. The Morgan fingerprint density at radius 2 is 1.83 bits per heavy atom. The van der Waals surface area contributed by atoms with E-state index in [1.54, 1.807) is 11.3 Å². The fraction of sp³-hybridized carbons (Fsp3) is 0.300. The first kappa shape index (κ1) is 15.3. The van der Waals surface area contributed by atoms with E-state index in [1.165, 1.54) is 11.1 Å². The third-order valence-corrected chi connectivity index (χ3v) is 5.62. The average molecular weight is 336 g/mol. The number of carbonyl (C=O) groups is 1. The van der Waals surface area contributed by atoms with Gasteiger partial charge in [-0.3, -0.25) is 4.79 Å². The van der Waals surface area contributed by atoms with Crippen LogP contribution in [-0.2, 0) is 11.2 Å². The molecule has 24 heavy (non-hydrogen) atoms. The molecule has 0 radical (unpaired) electrons. The molecule has 1 saturated heterocycles. The smallest absolute Gasteiger partial charge is 0.226 e. The molecule has 0 N–H and O–H groups in total. The molecule has 0 spiro atoms. The first-order chi connectivity index (χ1) is 11.8. The van der Waals surface area contributed by atoms with Crippen LogP contribution in [0.1, 0.15) is 24.8 Å². The molecule has 4 rings (SSSR count). The van der Waals surface area contributed by atoms with Crippen LogP contribution in [-0.4, -0.2) is 28.9 Å². The summed E-state index contributed by atoms with van der Waals surface area (Å²) in [5.41, 5.74) is 3.19. The molecule has 1 amide bonds. The van der Waals surface area contributed by atoms with Gasteiger partial charge in [0.25, 0.3) is 0 Å². The fourth-order valence-electron chi connectivity index (χ4n) is 3.22. The van der Waals surface area contributed by atoms with Crippen LogP contribution in [0.5, 0.6) is 0 Å². The molecular formula is C20H20N2OS. The number of rotatable bonds is 3. The van der Waals surface area contributed by atoms with Gasteiger partial charge in [-0.05, 0) is 37.0 Å². The second kappa shape index (κ2) is 6.73. The highest BCUT2D eigenvalue weighted by Gasteiger charge is 2.17. The molecule has 1 aromatic heterocycles. The Morgan fingerprint density at radius 1 is 1.04 bits per heavy atom. The molecule has 122 valence electrons. The minimum Gasteiger partial charge on any atom is -0.342 e. The van der Waals surface area contributed by atoms with Crippen LogP contribution in [0, 0.1) is 0 Å². The summed E-state index contributed by atoms with van der Waals surface area (Å²) in [6.07, 6.45) is 4.00. The van der Waals surface area contributed by atoms with Crippen LogP contribution in [0.3, 0.4) is 0 Å². The van der Waals surface area contributed by atoms with Crippen molar-refractivity contribution in [1.82, 2.24) is 9.88 Å². The Kier molecular flexibility index (Phi) is 4.30. The van der Waals surface area contributed by atoms with Crippen molar-refractivity contribution in [1.29, 1.82) is 0 Å². The maximum absolute atomic E-state index is 12.4. The standard InChI is InChI=1S/C20H20N2OS/c23-19(22-11-5-2-6-12-22)14-15-9-10-18-17(13-15)21-20(24-18)16-7-3-1-4-8-16/h1,3-4,7-10,13H,2,5-6,11-12,14H2. The van der Waals surface area contributed by atoms with Gasteiger partial charge in [0.15, 0.2) is 0 Å². The monoisotopic (exact) mass is 336 g/mol. The van der Waals surface area contributed by atoms with Gasteiger partial charge in [0, 0.05) is 18.7 Å². The van der Waals surface area contributed by atoms with Crippen LogP contribution < -0.4 is 0 Å². The van der Waals surface area contributed by atoms with Crippen molar-refractivity contribution in [3.8, 4) is 10.6 Å². The molecule has 0 unspecified atom stereocenters. The number of carbonyl (C=O) groups excluding carboxylic acids is 1. The summed E-state index contributed by atoms with van der Waals surface area (Å²) < 4.78 is 1.17. The third-order valence-electron chi connectivity index (χ3n) is 4.54. The molecule has 2 heterocycles. The van der Waals surface area contributed by atoms with E-state index in [4.69, 9.17) is 4.98 Å². The number of aromatic nitrogens is 1. The zero-order chi connectivity index (χ0) is 16.4. The first-order valence-electron chi connectivity index (χ1n) is 8.52. The number of piperidine rings is 1. The second-order valence-corrected chi connectivity index (χ2v) is 7.34. The molecule has 1 fully saturated rings. The highest BCUT2D eigenvalue weighted by atomic mass is 32.1. The second-order valence-electron chi connectivity index (χ2n) is 6.31. The number of benzene rings is 2. The highest BCUT2D eigenvalue weighted by Crippen LogP contribution is 2.30. The van der Waals surface area contributed by atoms with Crippen molar-refractivity contribution in [2.45, 2.75) is 25.7 Å². The SMILES string of the molecule is O=C(Cc1ccc2sc(-c3ccccc3)nc2c1)N1CCCCC1. The summed E-state index contributed by atoms with van der Waals surface area (Å²) in [4.78, 5) is 19.2. The number of likely N-dealkylation sites (tertiary alicyclic amines) is 1. The van der Waals surface area contributed by atoms with E-state index in [0.29, 0.717) is 6.42 Å². The lowest BCUT2D eigenvalue weighted by molar-refractivity contribution is -0.131. The maximum atomic E-state index is 12.4. The topological polar surface area (TPSA) is 33.2 Å². The van der Waals surface area contributed by atoms with Crippen LogP contribution in [0.25, 0.3) is 20.8 Å². The lowest BCUT2D eigenvalue weighted by Gasteiger charge is -2.26. The zero-order valence-corrected chi connectivity index (χ0v) is 14.4. The van der Waals surface area contributed by atoms with Gasteiger partial charge in [-0.1, -0.05) is 36.4 Å². The van der Waals surface area contributed by atoms with E-state index in [1.807, 2.05) is 23.1 Å². The summed E-state index contributed by atoms with van der Waals surface area (Å²) in [6.45, 7) is 1.83. The number of fused-ring (bicyclic) bond motifs is 1. The van der Waals surface area contributed by atoms with Crippen molar-refractivity contribution < 1.29 is 4.79 Å². The van der Waals surface area contributed by atoms with Gasteiger partial charge < -0.3 is 4.90 Å². The van der Waals surface area contributed by atoms with Crippen LogP contribution in [0.4, 0.5) is 0 Å². The van der Waals surface area contributed by atoms with E-state index in [2.05, 4.69) is 30.3 Å². The number of hydrogen-bond acceptors (Lipinski definition) is 3. The van der Waals surface area contributed by atoms with Crippen molar-refractivity contribution in [3.05, 3.63) is 54.1 Å². The van der Waals surface area contributed by atoms with Crippen molar-refractivity contribution >= 4 is 27.5 Å². The molecule has 0 aliphatic carbocycles. The van der Waals surface area contributed by atoms with Crippen LogP contribution in [0.2, 0.25) is 0 Å². The van der Waals surface area contributed by atoms with Crippen molar-refractivity contribution in [2.24, 2.45) is 0 Å². The predicted molar refractivity (Wildman–Crippen MR) is 99.2 cm³/mol. The molecule has 2 aromatic carbocycles. The molecule has 0 saturated carbocycles. The Morgan fingerprint density at radius 3 is 2.62 bits per heavy atom. The lowest BCUT2D eigenvalue weighted by Crippen LogP contribution is -2.36. The van der Waals surface area contributed by atoms with Gasteiger partial charge in [-0.25, -0.2) is 4.98 Å². The maximum Gasteiger partial charge on any atom is 0.226 e. The van der Waals surface area contributed by atoms with Crippen molar-refractivity contribution in [2.75, 3.05) is 13.1 Å². The average Bonchev–Trinajstić information content (AvgIpc) is 3.06. The zero-order valence-electron chi connectivity index (χ0n) is 13.6. The number of thiazole rings is 1. The van der Waals surface area contributed by atoms with Gasteiger partial charge in [0.1, 0.15) is 5.01 Å². The molecule has 0 bridgehead atoms. The molecule has 4 heteroatoms. The quantitative estimate of drug-likeness (QED) is 0.704. The molecular weight excluding hydrogens is 316 g/mol. The number of hydrogen-bond donors (Lipinski definition) is 0.